The Morgan fingerprint density at radius 3 is 2.94 bits per heavy atom. The van der Waals surface area contributed by atoms with Crippen LogP contribution < -0.4 is 5.32 Å². The largest absolute Gasteiger partial charge is 0.352 e. The molecule has 0 bridgehead atoms. The summed E-state index contributed by atoms with van der Waals surface area (Å²) in [6.45, 7) is 0.678. The van der Waals surface area contributed by atoms with Gasteiger partial charge in [-0.1, -0.05) is 6.07 Å². The molecule has 0 saturated heterocycles. The molecule has 0 unspecified atom stereocenters. The number of hydrogen-bond donors (Lipinski definition) is 1. The highest BCUT2D eigenvalue weighted by molar-refractivity contribution is 9.11. The van der Waals surface area contributed by atoms with E-state index in [9.17, 15) is 4.79 Å². The minimum Gasteiger partial charge on any atom is -0.352 e. The number of hydrogen-bond acceptors (Lipinski definition) is 3. The summed E-state index contributed by atoms with van der Waals surface area (Å²) in [5, 5.41) is 4.92. The van der Waals surface area contributed by atoms with Crippen molar-refractivity contribution in [2.24, 2.45) is 0 Å². The van der Waals surface area contributed by atoms with Gasteiger partial charge in [-0.3, -0.25) is 4.79 Å². The van der Waals surface area contributed by atoms with Crippen molar-refractivity contribution < 1.29 is 4.79 Å². The van der Waals surface area contributed by atoms with Gasteiger partial charge in [-0.25, -0.2) is 0 Å². The zero-order valence-corrected chi connectivity index (χ0v) is 12.8. The normalized spacial score (nSPS) is 10.9. The van der Waals surface area contributed by atoms with Gasteiger partial charge in [-0.2, -0.15) is 0 Å². The first-order chi connectivity index (χ1) is 8.74. The van der Waals surface area contributed by atoms with E-state index in [1.54, 1.807) is 28.7 Å². The van der Waals surface area contributed by atoms with E-state index in [0.717, 1.165) is 15.1 Å². The Bertz CT molecular complexity index is 531. The molecule has 0 fully saturated rings. The van der Waals surface area contributed by atoms with Gasteiger partial charge in [0.1, 0.15) is 0 Å². The molecule has 0 radical (unpaired) electrons. The first-order valence-electron chi connectivity index (χ1n) is 5.47. The van der Waals surface area contributed by atoms with Gasteiger partial charge in [-0.15, -0.1) is 22.7 Å². The molecule has 0 aromatic carbocycles. The molecular weight excluding hydrogens is 330 g/mol. The van der Waals surface area contributed by atoms with E-state index in [-0.39, 0.29) is 5.91 Å². The fourth-order valence-corrected chi connectivity index (χ4v) is 3.43. The maximum Gasteiger partial charge on any atom is 0.244 e. The lowest BCUT2D eigenvalue weighted by Crippen LogP contribution is -2.23. The standard InChI is InChI=1S/C13H12BrNOS2/c14-12-5-3-11(18-12)4-6-13(16)15-8-7-10-2-1-9-17-10/h1-6,9H,7-8H2,(H,15,16)/b6-4+. The van der Waals surface area contributed by atoms with Gasteiger partial charge >= 0.3 is 0 Å². The SMILES string of the molecule is O=C(/C=C/c1ccc(Br)s1)NCCc1cccs1. The minimum atomic E-state index is -0.0453. The Morgan fingerprint density at radius 1 is 1.39 bits per heavy atom. The van der Waals surface area contributed by atoms with Crippen molar-refractivity contribution in [3.05, 3.63) is 49.3 Å². The van der Waals surface area contributed by atoms with Crippen molar-refractivity contribution in [2.45, 2.75) is 6.42 Å². The monoisotopic (exact) mass is 341 g/mol. The molecule has 0 saturated carbocycles. The summed E-state index contributed by atoms with van der Waals surface area (Å²) in [5.74, 6) is -0.0453. The molecule has 2 heterocycles. The van der Waals surface area contributed by atoms with Crippen LogP contribution in [0, 0.1) is 0 Å². The number of halogens is 1. The van der Waals surface area contributed by atoms with Crippen LogP contribution in [0.5, 0.6) is 0 Å². The molecule has 0 aliphatic heterocycles. The third kappa shape index (κ3) is 4.40. The van der Waals surface area contributed by atoms with Crippen LogP contribution in [0.3, 0.4) is 0 Å². The molecule has 0 aliphatic carbocycles. The first kappa shape index (κ1) is 13.5. The van der Waals surface area contributed by atoms with Gasteiger partial charge in [-0.05, 0) is 52.0 Å². The number of rotatable bonds is 5. The van der Waals surface area contributed by atoms with Crippen LogP contribution in [0.15, 0.2) is 39.5 Å². The molecule has 94 valence electrons. The summed E-state index contributed by atoms with van der Waals surface area (Å²) in [6.07, 6.45) is 4.30. The Balaban J connectivity index is 1.73. The first-order valence-corrected chi connectivity index (χ1v) is 7.96. The van der Waals surface area contributed by atoms with Gasteiger partial charge in [0.2, 0.25) is 5.91 Å². The third-order valence-corrected chi connectivity index (χ3v) is 4.77. The van der Waals surface area contributed by atoms with Crippen molar-refractivity contribution >= 4 is 50.6 Å². The molecule has 5 heteroatoms. The van der Waals surface area contributed by atoms with E-state index in [1.165, 1.54) is 4.88 Å². The average Bonchev–Trinajstić information content (AvgIpc) is 2.98. The highest BCUT2D eigenvalue weighted by atomic mass is 79.9. The van der Waals surface area contributed by atoms with Crippen LogP contribution in [-0.4, -0.2) is 12.5 Å². The van der Waals surface area contributed by atoms with E-state index in [4.69, 9.17) is 0 Å². The number of carbonyl (C=O) groups excluding carboxylic acids is 1. The predicted molar refractivity (Wildman–Crippen MR) is 82.1 cm³/mol. The van der Waals surface area contributed by atoms with Gasteiger partial charge in [0.05, 0.1) is 3.79 Å². The highest BCUT2D eigenvalue weighted by Gasteiger charge is 1.98. The van der Waals surface area contributed by atoms with Crippen LogP contribution in [0.25, 0.3) is 6.08 Å². The lowest BCUT2D eigenvalue weighted by Gasteiger charge is -1.99. The van der Waals surface area contributed by atoms with Crippen LogP contribution >= 0.6 is 38.6 Å². The average molecular weight is 342 g/mol. The zero-order chi connectivity index (χ0) is 12.8. The minimum absolute atomic E-state index is 0.0453. The number of nitrogens with one attached hydrogen (secondary N) is 1. The highest BCUT2D eigenvalue weighted by Crippen LogP contribution is 2.22. The Hall–Kier alpha value is -0.910. The third-order valence-electron chi connectivity index (χ3n) is 2.24. The topological polar surface area (TPSA) is 29.1 Å². The van der Waals surface area contributed by atoms with E-state index in [0.29, 0.717) is 6.54 Å². The quantitative estimate of drug-likeness (QED) is 0.820. The number of thiophene rings is 2. The maximum absolute atomic E-state index is 11.6. The van der Waals surface area contributed by atoms with Crippen LogP contribution in [0.1, 0.15) is 9.75 Å². The fraction of sp³-hybridized carbons (Fsp3) is 0.154. The van der Waals surface area contributed by atoms with E-state index in [1.807, 2.05) is 29.7 Å². The molecule has 2 nitrogen and oxygen atoms in total. The summed E-state index contributed by atoms with van der Waals surface area (Å²) in [6, 6.07) is 8.05. The lowest BCUT2D eigenvalue weighted by atomic mass is 10.3. The second-order valence-corrected chi connectivity index (χ2v) is 7.12. The smallest absolute Gasteiger partial charge is 0.244 e. The molecule has 18 heavy (non-hydrogen) atoms. The van der Waals surface area contributed by atoms with Crippen molar-refractivity contribution in [2.75, 3.05) is 6.54 Å². The Morgan fingerprint density at radius 2 is 2.28 bits per heavy atom. The predicted octanol–water partition coefficient (Wildman–Crippen LogP) is 3.94. The second-order valence-electron chi connectivity index (χ2n) is 3.60. The Labute approximate surface area is 122 Å². The van der Waals surface area contributed by atoms with Gasteiger partial charge in [0.25, 0.3) is 0 Å². The zero-order valence-electron chi connectivity index (χ0n) is 9.56. The van der Waals surface area contributed by atoms with Crippen LogP contribution in [0.4, 0.5) is 0 Å². The van der Waals surface area contributed by atoms with E-state index >= 15 is 0 Å². The van der Waals surface area contributed by atoms with E-state index < -0.39 is 0 Å². The van der Waals surface area contributed by atoms with Crippen molar-refractivity contribution in [1.29, 1.82) is 0 Å². The molecule has 0 atom stereocenters. The molecule has 2 aromatic heterocycles. The molecule has 1 N–H and O–H groups in total. The van der Waals surface area contributed by atoms with Gasteiger partial charge in [0, 0.05) is 22.4 Å². The molecular formula is C13H12BrNOS2. The molecule has 0 spiro atoms. The summed E-state index contributed by atoms with van der Waals surface area (Å²) in [4.78, 5) is 13.9. The van der Waals surface area contributed by atoms with Crippen molar-refractivity contribution in [3.8, 4) is 0 Å². The van der Waals surface area contributed by atoms with Crippen molar-refractivity contribution in [3.63, 3.8) is 0 Å². The molecule has 1 amide bonds. The van der Waals surface area contributed by atoms with Crippen LogP contribution in [-0.2, 0) is 11.2 Å². The lowest BCUT2D eigenvalue weighted by molar-refractivity contribution is -0.116. The summed E-state index contributed by atoms with van der Waals surface area (Å²) in [5.41, 5.74) is 0. The van der Waals surface area contributed by atoms with E-state index in [2.05, 4.69) is 27.3 Å². The Kier molecular flexibility index (Phi) is 5.16. The second kappa shape index (κ2) is 6.87. The van der Waals surface area contributed by atoms with Crippen LogP contribution in [0.2, 0.25) is 0 Å². The van der Waals surface area contributed by atoms with Gasteiger partial charge < -0.3 is 5.32 Å². The van der Waals surface area contributed by atoms with Crippen molar-refractivity contribution in [1.82, 2.24) is 5.32 Å². The molecule has 2 aromatic rings. The maximum atomic E-state index is 11.6. The number of carbonyl (C=O) groups is 1. The summed E-state index contributed by atoms with van der Waals surface area (Å²) in [7, 11) is 0. The fourth-order valence-electron chi connectivity index (χ4n) is 1.40. The molecule has 0 aliphatic rings. The number of amides is 1. The summed E-state index contributed by atoms with van der Waals surface area (Å²) < 4.78 is 1.07. The molecule has 2 rings (SSSR count). The summed E-state index contributed by atoms with van der Waals surface area (Å²) >= 11 is 6.71. The van der Waals surface area contributed by atoms with Gasteiger partial charge in [0.15, 0.2) is 0 Å².